The van der Waals surface area contributed by atoms with E-state index in [1.165, 1.54) is 26.4 Å². The molecule has 1 aromatic carbocycles. The van der Waals surface area contributed by atoms with Gasteiger partial charge in [0, 0.05) is 20.8 Å². The first-order chi connectivity index (χ1) is 10.0. The average molecular weight is 338 g/mol. The van der Waals surface area contributed by atoms with E-state index >= 15 is 0 Å². The van der Waals surface area contributed by atoms with Crippen molar-refractivity contribution in [1.82, 2.24) is 4.72 Å². The highest BCUT2D eigenvalue weighted by Gasteiger charge is 2.16. The number of benzene rings is 1. The molecule has 1 rings (SSSR count). The fraction of sp³-hybridized carbons (Fsp3) is 0.538. The number of hydrogen-bond acceptors (Lipinski definition) is 5. The van der Waals surface area contributed by atoms with E-state index in [1.807, 2.05) is 0 Å². The van der Waals surface area contributed by atoms with Crippen LogP contribution in [-0.4, -0.2) is 54.4 Å². The fourth-order valence-electron chi connectivity index (χ4n) is 1.55. The number of sulfonamides is 1. The molecule has 0 bridgehead atoms. The van der Waals surface area contributed by atoms with Gasteiger partial charge in [-0.3, -0.25) is 0 Å². The molecule has 1 unspecified atom stereocenters. The van der Waals surface area contributed by atoms with Crippen molar-refractivity contribution in [2.75, 3.05) is 39.9 Å². The van der Waals surface area contributed by atoms with E-state index in [-0.39, 0.29) is 17.5 Å². The summed E-state index contributed by atoms with van der Waals surface area (Å²) in [5.41, 5.74) is 0. The monoisotopic (exact) mass is 337 g/mol. The zero-order valence-corrected chi connectivity index (χ0v) is 13.6. The molecule has 1 N–H and O–H groups in total. The summed E-state index contributed by atoms with van der Waals surface area (Å²) in [5.74, 6) is 0.947. The first-order valence-electron chi connectivity index (χ1n) is 6.33. The summed E-state index contributed by atoms with van der Waals surface area (Å²) in [4.78, 5) is 0.160. The molecule has 0 aliphatic heterocycles. The Bertz CT molecular complexity index is 506. The molecule has 8 heteroatoms. The van der Waals surface area contributed by atoms with E-state index in [0.29, 0.717) is 24.8 Å². The molecule has 0 saturated carbocycles. The second-order valence-electron chi connectivity index (χ2n) is 4.17. The van der Waals surface area contributed by atoms with Crippen molar-refractivity contribution < 1.29 is 22.6 Å². The highest BCUT2D eigenvalue weighted by atomic mass is 35.5. The second kappa shape index (κ2) is 9.22. The van der Waals surface area contributed by atoms with Crippen LogP contribution in [0.25, 0.3) is 0 Å². The van der Waals surface area contributed by atoms with Gasteiger partial charge in [0.1, 0.15) is 12.4 Å². The van der Waals surface area contributed by atoms with Crippen LogP contribution in [0.1, 0.15) is 0 Å². The zero-order valence-electron chi connectivity index (χ0n) is 12.0. The Morgan fingerprint density at radius 2 is 1.90 bits per heavy atom. The molecule has 1 atom stereocenters. The molecule has 120 valence electrons. The van der Waals surface area contributed by atoms with Crippen molar-refractivity contribution in [2.45, 2.75) is 11.0 Å². The standard InChI is InChI=1S/C13H20ClNO5S/c1-18-10-12(19-2)9-15-21(16,17)13-5-3-11(4-6-13)20-8-7-14/h3-6,12,15H,7-10H2,1-2H3. The van der Waals surface area contributed by atoms with Gasteiger partial charge in [0.25, 0.3) is 0 Å². The lowest BCUT2D eigenvalue weighted by Gasteiger charge is -2.15. The highest BCUT2D eigenvalue weighted by molar-refractivity contribution is 7.89. The average Bonchev–Trinajstić information content (AvgIpc) is 2.49. The van der Waals surface area contributed by atoms with Gasteiger partial charge in [-0.05, 0) is 24.3 Å². The van der Waals surface area contributed by atoms with Crippen LogP contribution < -0.4 is 9.46 Å². The summed E-state index contributed by atoms with van der Waals surface area (Å²) < 4.78 is 42.0. The molecule has 0 radical (unpaired) electrons. The van der Waals surface area contributed by atoms with Crippen LogP contribution in [0.4, 0.5) is 0 Å². The van der Waals surface area contributed by atoms with Crippen LogP contribution in [0.3, 0.4) is 0 Å². The van der Waals surface area contributed by atoms with Gasteiger partial charge in [0.05, 0.1) is 23.5 Å². The maximum atomic E-state index is 12.1. The van der Waals surface area contributed by atoms with Crippen molar-refractivity contribution in [1.29, 1.82) is 0 Å². The predicted molar refractivity (Wildman–Crippen MR) is 80.5 cm³/mol. The number of rotatable bonds is 10. The molecule has 6 nitrogen and oxygen atoms in total. The molecule has 0 aliphatic carbocycles. The lowest BCUT2D eigenvalue weighted by molar-refractivity contribution is 0.0320. The van der Waals surface area contributed by atoms with Gasteiger partial charge >= 0.3 is 0 Å². The molecule has 0 saturated heterocycles. The molecule has 0 aliphatic rings. The minimum atomic E-state index is -3.59. The lowest BCUT2D eigenvalue weighted by Crippen LogP contribution is -2.35. The summed E-state index contributed by atoms with van der Waals surface area (Å²) in [7, 11) is -0.559. The van der Waals surface area contributed by atoms with Gasteiger partial charge in [-0.2, -0.15) is 0 Å². The van der Waals surface area contributed by atoms with Crippen LogP contribution in [0.5, 0.6) is 5.75 Å². The van der Waals surface area contributed by atoms with Crippen molar-refractivity contribution in [3.05, 3.63) is 24.3 Å². The Morgan fingerprint density at radius 1 is 1.24 bits per heavy atom. The van der Waals surface area contributed by atoms with E-state index in [4.69, 9.17) is 25.8 Å². The van der Waals surface area contributed by atoms with Crippen molar-refractivity contribution in [3.63, 3.8) is 0 Å². The van der Waals surface area contributed by atoms with Gasteiger partial charge < -0.3 is 14.2 Å². The van der Waals surface area contributed by atoms with E-state index in [9.17, 15) is 8.42 Å². The van der Waals surface area contributed by atoms with Crippen molar-refractivity contribution in [2.24, 2.45) is 0 Å². The van der Waals surface area contributed by atoms with Gasteiger partial charge in [0.2, 0.25) is 10.0 Å². The Hall–Kier alpha value is -0.860. The highest BCUT2D eigenvalue weighted by Crippen LogP contribution is 2.16. The molecule has 0 amide bonds. The first-order valence-corrected chi connectivity index (χ1v) is 8.35. The normalized spacial score (nSPS) is 13.1. The Kier molecular flexibility index (Phi) is 7.98. The number of alkyl halides is 1. The minimum absolute atomic E-state index is 0.136. The number of halogens is 1. The summed E-state index contributed by atoms with van der Waals surface area (Å²) >= 11 is 5.51. The summed E-state index contributed by atoms with van der Waals surface area (Å²) in [5, 5.41) is 0. The third-order valence-corrected chi connectivity index (χ3v) is 4.26. The van der Waals surface area contributed by atoms with E-state index in [0.717, 1.165) is 0 Å². The third kappa shape index (κ3) is 6.19. The van der Waals surface area contributed by atoms with Crippen molar-refractivity contribution in [3.8, 4) is 5.75 Å². The fourth-order valence-corrected chi connectivity index (χ4v) is 2.70. The molecule has 0 spiro atoms. The summed E-state index contributed by atoms with van der Waals surface area (Å²) in [6.45, 7) is 0.819. The SMILES string of the molecule is COCC(CNS(=O)(=O)c1ccc(OCCCl)cc1)OC. The zero-order chi connectivity index (χ0) is 15.7. The topological polar surface area (TPSA) is 73.9 Å². The maximum absolute atomic E-state index is 12.1. The maximum Gasteiger partial charge on any atom is 0.240 e. The van der Waals surface area contributed by atoms with Gasteiger partial charge in [-0.1, -0.05) is 0 Å². The Labute approximate surface area is 130 Å². The molecule has 1 aromatic rings. The predicted octanol–water partition coefficient (Wildman–Crippen LogP) is 1.24. The first kappa shape index (κ1) is 18.2. The largest absolute Gasteiger partial charge is 0.492 e. The molecule has 0 aromatic heterocycles. The molecular weight excluding hydrogens is 318 g/mol. The van der Waals surface area contributed by atoms with Crippen LogP contribution in [-0.2, 0) is 19.5 Å². The second-order valence-corrected chi connectivity index (χ2v) is 6.32. The number of ether oxygens (including phenoxy) is 3. The molecule has 21 heavy (non-hydrogen) atoms. The van der Waals surface area contributed by atoms with Gasteiger partial charge in [-0.15, -0.1) is 11.6 Å². The third-order valence-electron chi connectivity index (χ3n) is 2.67. The van der Waals surface area contributed by atoms with Crippen molar-refractivity contribution >= 4 is 21.6 Å². The number of hydrogen-bond donors (Lipinski definition) is 1. The van der Waals surface area contributed by atoms with E-state index < -0.39 is 10.0 Å². The Morgan fingerprint density at radius 3 is 2.43 bits per heavy atom. The van der Waals surface area contributed by atoms with E-state index in [1.54, 1.807) is 12.1 Å². The summed E-state index contributed by atoms with van der Waals surface area (Å²) in [6, 6.07) is 6.13. The molecule has 0 fully saturated rings. The van der Waals surface area contributed by atoms with Crippen LogP contribution in [0.15, 0.2) is 29.2 Å². The van der Waals surface area contributed by atoms with Gasteiger partial charge in [0.15, 0.2) is 0 Å². The van der Waals surface area contributed by atoms with Crippen LogP contribution in [0.2, 0.25) is 0 Å². The Balaban J connectivity index is 2.65. The molecule has 0 heterocycles. The quantitative estimate of drug-likeness (QED) is 0.650. The van der Waals surface area contributed by atoms with Gasteiger partial charge in [-0.25, -0.2) is 13.1 Å². The lowest BCUT2D eigenvalue weighted by atomic mass is 10.3. The van der Waals surface area contributed by atoms with Crippen LogP contribution in [0, 0.1) is 0 Å². The smallest absolute Gasteiger partial charge is 0.240 e. The summed E-state index contributed by atoms with van der Waals surface area (Å²) in [6.07, 6.45) is -0.337. The van der Waals surface area contributed by atoms with Crippen LogP contribution >= 0.6 is 11.6 Å². The minimum Gasteiger partial charge on any atom is -0.492 e. The number of methoxy groups -OCH3 is 2. The number of nitrogens with one attached hydrogen (secondary N) is 1. The van der Waals surface area contributed by atoms with E-state index in [2.05, 4.69) is 4.72 Å². The molecular formula is C13H20ClNO5S.